The van der Waals surface area contributed by atoms with Gasteiger partial charge in [0.1, 0.15) is 0 Å². The maximum Gasteiger partial charge on any atom is 0.162 e. The molecule has 0 saturated carbocycles. The minimum absolute atomic E-state index is 0.382. The molecule has 1 aliphatic heterocycles. The SMILES string of the molecule is CC1(C)OCC(CN)CO1. The van der Waals surface area contributed by atoms with E-state index in [9.17, 15) is 0 Å². The van der Waals surface area contributed by atoms with Crippen LogP contribution < -0.4 is 5.73 Å². The Morgan fingerprint density at radius 3 is 2.30 bits per heavy atom. The second-order valence-electron chi connectivity index (χ2n) is 3.12. The lowest BCUT2D eigenvalue weighted by molar-refractivity contribution is -0.260. The topological polar surface area (TPSA) is 44.5 Å². The first-order valence-corrected chi connectivity index (χ1v) is 3.62. The third kappa shape index (κ3) is 1.94. The molecule has 1 fully saturated rings. The first kappa shape index (κ1) is 7.98. The summed E-state index contributed by atoms with van der Waals surface area (Å²) in [6.45, 7) is 5.93. The van der Waals surface area contributed by atoms with Crippen molar-refractivity contribution in [1.82, 2.24) is 0 Å². The molecule has 0 spiro atoms. The molecule has 0 bridgehead atoms. The van der Waals surface area contributed by atoms with Gasteiger partial charge in [0, 0.05) is 5.92 Å². The Morgan fingerprint density at radius 2 is 1.90 bits per heavy atom. The standard InChI is InChI=1S/C7H15NO2/c1-7(2)9-4-6(3-8)5-10-7/h6H,3-5,8H2,1-2H3. The minimum atomic E-state index is -0.397. The molecule has 1 heterocycles. The second-order valence-corrected chi connectivity index (χ2v) is 3.12. The lowest BCUT2D eigenvalue weighted by Crippen LogP contribution is -2.41. The quantitative estimate of drug-likeness (QED) is 0.579. The van der Waals surface area contributed by atoms with Crippen molar-refractivity contribution in [2.45, 2.75) is 19.6 Å². The van der Waals surface area contributed by atoms with Crippen LogP contribution in [0.2, 0.25) is 0 Å². The Morgan fingerprint density at radius 1 is 1.40 bits per heavy atom. The summed E-state index contributed by atoms with van der Waals surface area (Å²) in [5.41, 5.74) is 5.43. The van der Waals surface area contributed by atoms with Gasteiger partial charge in [0.15, 0.2) is 5.79 Å². The number of hydrogen-bond acceptors (Lipinski definition) is 3. The number of nitrogens with two attached hydrogens (primary N) is 1. The van der Waals surface area contributed by atoms with Gasteiger partial charge in [-0.2, -0.15) is 0 Å². The minimum Gasteiger partial charge on any atom is -0.350 e. The summed E-state index contributed by atoms with van der Waals surface area (Å²) in [7, 11) is 0. The summed E-state index contributed by atoms with van der Waals surface area (Å²) in [6.07, 6.45) is 0. The zero-order valence-electron chi connectivity index (χ0n) is 6.59. The molecule has 1 saturated heterocycles. The van der Waals surface area contributed by atoms with E-state index >= 15 is 0 Å². The van der Waals surface area contributed by atoms with Gasteiger partial charge in [0.05, 0.1) is 13.2 Å². The fourth-order valence-corrected chi connectivity index (χ4v) is 0.863. The second kappa shape index (κ2) is 2.86. The Hall–Kier alpha value is -0.120. The molecule has 0 aromatic rings. The van der Waals surface area contributed by atoms with Crippen molar-refractivity contribution in [2.24, 2.45) is 11.7 Å². The molecule has 0 radical (unpaired) electrons. The van der Waals surface area contributed by atoms with Gasteiger partial charge in [-0.3, -0.25) is 0 Å². The van der Waals surface area contributed by atoms with Crippen molar-refractivity contribution < 1.29 is 9.47 Å². The van der Waals surface area contributed by atoms with Crippen molar-refractivity contribution in [3.05, 3.63) is 0 Å². The van der Waals surface area contributed by atoms with E-state index in [1.54, 1.807) is 0 Å². The highest BCUT2D eigenvalue weighted by atomic mass is 16.7. The fraction of sp³-hybridized carbons (Fsp3) is 1.00. The molecular weight excluding hydrogens is 130 g/mol. The summed E-state index contributed by atoms with van der Waals surface area (Å²) >= 11 is 0. The maximum absolute atomic E-state index is 5.43. The summed E-state index contributed by atoms with van der Waals surface area (Å²) in [6, 6.07) is 0. The van der Waals surface area contributed by atoms with Crippen LogP contribution in [0.15, 0.2) is 0 Å². The van der Waals surface area contributed by atoms with Crippen LogP contribution in [0.1, 0.15) is 13.8 Å². The predicted octanol–water partition coefficient (Wildman–Crippen LogP) is 0.344. The van der Waals surface area contributed by atoms with Crippen molar-refractivity contribution in [2.75, 3.05) is 19.8 Å². The summed E-state index contributed by atoms with van der Waals surface area (Å²) in [5.74, 6) is -0.0147. The molecule has 0 aromatic heterocycles. The van der Waals surface area contributed by atoms with Crippen LogP contribution in [0.5, 0.6) is 0 Å². The van der Waals surface area contributed by atoms with Gasteiger partial charge >= 0.3 is 0 Å². The molecular formula is C7H15NO2. The van der Waals surface area contributed by atoms with Crippen molar-refractivity contribution in [1.29, 1.82) is 0 Å². The number of hydrogen-bond donors (Lipinski definition) is 1. The van der Waals surface area contributed by atoms with E-state index < -0.39 is 5.79 Å². The van der Waals surface area contributed by atoms with E-state index in [-0.39, 0.29) is 0 Å². The zero-order valence-corrected chi connectivity index (χ0v) is 6.59. The first-order chi connectivity index (χ1) is 4.64. The summed E-state index contributed by atoms with van der Waals surface area (Å²) in [4.78, 5) is 0. The lowest BCUT2D eigenvalue weighted by atomic mass is 10.1. The van der Waals surface area contributed by atoms with E-state index in [1.165, 1.54) is 0 Å². The van der Waals surface area contributed by atoms with E-state index in [4.69, 9.17) is 15.2 Å². The Labute approximate surface area is 61.5 Å². The van der Waals surface area contributed by atoms with E-state index in [0.717, 1.165) is 13.2 Å². The van der Waals surface area contributed by atoms with Crippen LogP contribution in [-0.4, -0.2) is 25.5 Å². The van der Waals surface area contributed by atoms with Crippen LogP contribution in [0, 0.1) is 5.92 Å². The first-order valence-electron chi connectivity index (χ1n) is 3.62. The van der Waals surface area contributed by atoms with Crippen molar-refractivity contribution in [3.63, 3.8) is 0 Å². The van der Waals surface area contributed by atoms with Crippen molar-refractivity contribution >= 4 is 0 Å². The summed E-state index contributed by atoms with van der Waals surface area (Å²) in [5, 5.41) is 0. The molecule has 0 amide bonds. The third-order valence-corrected chi connectivity index (χ3v) is 1.67. The van der Waals surface area contributed by atoms with E-state index in [0.29, 0.717) is 12.5 Å². The van der Waals surface area contributed by atoms with Crippen LogP contribution >= 0.6 is 0 Å². The largest absolute Gasteiger partial charge is 0.350 e. The van der Waals surface area contributed by atoms with Crippen LogP contribution in [-0.2, 0) is 9.47 Å². The van der Waals surface area contributed by atoms with E-state index in [1.807, 2.05) is 13.8 Å². The molecule has 1 aliphatic rings. The monoisotopic (exact) mass is 145 g/mol. The third-order valence-electron chi connectivity index (χ3n) is 1.67. The molecule has 0 unspecified atom stereocenters. The average molecular weight is 145 g/mol. The molecule has 2 N–H and O–H groups in total. The molecule has 3 nitrogen and oxygen atoms in total. The molecule has 0 atom stereocenters. The fourth-order valence-electron chi connectivity index (χ4n) is 0.863. The smallest absolute Gasteiger partial charge is 0.162 e. The highest BCUT2D eigenvalue weighted by Gasteiger charge is 2.27. The van der Waals surface area contributed by atoms with Gasteiger partial charge in [-0.05, 0) is 20.4 Å². The zero-order chi connectivity index (χ0) is 7.61. The molecule has 3 heteroatoms. The summed E-state index contributed by atoms with van der Waals surface area (Å²) < 4.78 is 10.7. The maximum atomic E-state index is 5.43. The van der Waals surface area contributed by atoms with Crippen LogP contribution in [0.25, 0.3) is 0 Å². The van der Waals surface area contributed by atoms with Gasteiger partial charge in [0.2, 0.25) is 0 Å². The Kier molecular flexibility index (Phi) is 2.28. The van der Waals surface area contributed by atoms with Crippen LogP contribution in [0.4, 0.5) is 0 Å². The number of rotatable bonds is 1. The highest BCUT2D eigenvalue weighted by molar-refractivity contribution is 4.67. The molecule has 10 heavy (non-hydrogen) atoms. The molecule has 0 aromatic carbocycles. The van der Waals surface area contributed by atoms with Gasteiger partial charge in [-0.25, -0.2) is 0 Å². The normalized spacial score (nSPS) is 26.7. The van der Waals surface area contributed by atoms with Crippen LogP contribution in [0.3, 0.4) is 0 Å². The highest BCUT2D eigenvalue weighted by Crippen LogP contribution is 2.19. The van der Waals surface area contributed by atoms with Crippen molar-refractivity contribution in [3.8, 4) is 0 Å². The molecule has 1 rings (SSSR count). The van der Waals surface area contributed by atoms with Gasteiger partial charge in [0.25, 0.3) is 0 Å². The lowest BCUT2D eigenvalue weighted by Gasteiger charge is -2.34. The average Bonchev–Trinajstić information content (AvgIpc) is 1.88. The van der Waals surface area contributed by atoms with E-state index in [2.05, 4.69) is 0 Å². The van der Waals surface area contributed by atoms with Gasteiger partial charge in [-0.1, -0.05) is 0 Å². The van der Waals surface area contributed by atoms with Gasteiger partial charge < -0.3 is 15.2 Å². The van der Waals surface area contributed by atoms with Gasteiger partial charge in [-0.15, -0.1) is 0 Å². The number of ether oxygens (including phenoxy) is 2. The Balaban J connectivity index is 2.31. The predicted molar refractivity (Wildman–Crippen MR) is 38.5 cm³/mol. The molecule has 0 aliphatic carbocycles. The molecule has 60 valence electrons. The Bertz CT molecular complexity index is 104.